The lowest BCUT2D eigenvalue weighted by Crippen LogP contribution is -1.98. The summed E-state index contributed by atoms with van der Waals surface area (Å²) in [5.41, 5.74) is 15.6. The Bertz CT molecular complexity index is 3430. The lowest BCUT2D eigenvalue weighted by molar-refractivity contribution is 0.304. The molecule has 8 nitrogen and oxygen atoms in total. The number of rotatable bonds is 62. The number of hydrogen-bond donors (Lipinski definition) is 0. The van der Waals surface area contributed by atoms with Crippen LogP contribution in [0.15, 0.2) is 170 Å². The molecule has 4 aromatic carbocycles. The molecule has 628 valence electrons. The third kappa shape index (κ3) is 49.6. The first-order valence-electron chi connectivity index (χ1n) is 46.9. The summed E-state index contributed by atoms with van der Waals surface area (Å²) >= 11 is 0. The van der Waals surface area contributed by atoms with Gasteiger partial charge in [-0.3, -0.25) is 19.9 Å². The van der Waals surface area contributed by atoms with Crippen LogP contribution in [0.3, 0.4) is 0 Å². The Hall–Kier alpha value is -7.32. The number of unbranched alkanes of at least 4 members (excludes halogenated alkanes) is 30. The van der Waals surface area contributed by atoms with Gasteiger partial charge in [0.15, 0.2) is 0 Å². The molecule has 8 rings (SSSR count). The third-order valence-corrected chi connectivity index (χ3v) is 21.8. The van der Waals surface area contributed by atoms with E-state index in [4.69, 9.17) is 18.9 Å². The zero-order valence-corrected chi connectivity index (χ0v) is 73.8. The fourth-order valence-electron chi connectivity index (χ4n) is 14.1. The molecule has 0 radical (unpaired) electrons. The standard InChI is InChI=1S/C28H43NO.C27H41NO.C26H39NO.C25H37NO/c1-3-5-7-9-10-11-13-23-30-28-21-17-25(18-22-28)15-19-27-20-16-26(24-29-27)14-12-8-6-4-2;1-3-5-7-9-10-12-22-29-27-20-16-24(17-21-27)14-18-26-19-15-25(23-28-26)13-11-8-6-4-2;1-3-5-7-9-11-21-28-26-19-15-23(16-20-26)13-17-25-18-14-24(22-27-25)12-10-8-6-4-2;1-3-5-7-9-11-23-13-17-24(26-21-23)16-12-22-14-18-25(19-15-22)27-20-10-8-6-4-2/h16-18,20-22,24H,3-15,19,23H2,1-2H3;15-17,19-21,23H,3-14,18,22H2,1-2H3;14-16,18-20,22H,3-13,17,21H2,1-2H3;13-15,17-19,21H,3-12,16,20H2,1-2H3. The number of pyridine rings is 4. The number of ether oxygens (including phenoxy) is 4. The smallest absolute Gasteiger partial charge is 0.119 e. The van der Waals surface area contributed by atoms with E-state index in [-0.39, 0.29) is 0 Å². The molecule has 0 spiro atoms. The van der Waals surface area contributed by atoms with Gasteiger partial charge in [0.05, 0.1) is 26.4 Å². The fourth-order valence-corrected chi connectivity index (χ4v) is 14.1. The van der Waals surface area contributed by atoms with Gasteiger partial charge in [0, 0.05) is 47.6 Å². The zero-order valence-electron chi connectivity index (χ0n) is 73.8. The summed E-state index contributed by atoms with van der Waals surface area (Å²) in [6, 6.07) is 52.2. The van der Waals surface area contributed by atoms with E-state index in [1.165, 1.54) is 286 Å². The van der Waals surface area contributed by atoms with Crippen LogP contribution < -0.4 is 18.9 Å². The molecular weight excluding hydrogens is 1390 g/mol. The second-order valence-electron chi connectivity index (χ2n) is 32.2. The molecule has 0 atom stereocenters. The van der Waals surface area contributed by atoms with Gasteiger partial charge in [0.25, 0.3) is 0 Å². The molecule has 0 unspecified atom stereocenters. The van der Waals surface area contributed by atoms with Crippen molar-refractivity contribution in [2.75, 3.05) is 26.4 Å². The van der Waals surface area contributed by atoms with Crippen LogP contribution in [0.4, 0.5) is 0 Å². The number of benzene rings is 4. The molecule has 0 aliphatic carbocycles. The summed E-state index contributed by atoms with van der Waals surface area (Å²) < 4.78 is 23.4. The van der Waals surface area contributed by atoms with Crippen molar-refractivity contribution in [1.82, 2.24) is 19.9 Å². The highest BCUT2D eigenvalue weighted by atomic mass is 16.5. The van der Waals surface area contributed by atoms with Crippen LogP contribution in [-0.2, 0) is 77.0 Å². The first kappa shape index (κ1) is 97.3. The Morgan fingerprint density at radius 3 is 0.509 bits per heavy atom. The highest BCUT2D eigenvalue weighted by Gasteiger charge is 2.08. The first-order chi connectivity index (χ1) is 56.3. The molecule has 0 aliphatic heterocycles. The fraction of sp³-hybridized carbons (Fsp3) is 0.585. The van der Waals surface area contributed by atoms with Gasteiger partial charge in [-0.15, -0.1) is 0 Å². The highest BCUT2D eigenvalue weighted by Crippen LogP contribution is 2.22. The number of aromatic nitrogens is 4. The third-order valence-electron chi connectivity index (χ3n) is 21.8. The van der Waals surface area contributed by atoms with Crippen molar-refractivity contribution >= 4 is 0 Å². The topological polar surface area (TPSA) is 88.5 Å². The summed E-state index contributed by atoms with van der Waals surface area (Å²) in [5, 5.41) is 0. The molecule has 4 aromatic heterocycles. The molecule has 4 heterocycles. The van der Waals surface area contributed by atoms with Crippen molar-refractivity contribution in [3.05, 3.63) is 238 Å². The quantitative estimate of drug-likeness (QED) is 0.0348. The number of hydrogen-bond acceptors (Lipinski definition) is 8. The van der Waals surface area contributed by atoms with Crippen LogP contribution in [0, 0.1) is 0 Å². The van der Waals surface area contributed by atoms with Crippen molar-refractivity contribution < 1.29 is 18.9 Å². The van der Waals surface area contributed by atoms with E-state index < -0.39 is 0 Å². The van der Waals surface area contributed by atoms with Gasteiger partial charge in [-0.1, -0.05) is 321 Å². The number of aryl methyl sites for hydroxylation is 12. The lowest BCUT2D eigenvalue weighted by atomic mass is 10.1. The van der Waals surface area contributed by atoms with Gasteiger partial charge < -0.3 is 18.9 Å². The van der Waals surface area contributed by atoms with Crippen LogP contribution in [0.5, 0.6) is 23.0 Å². The average Bonchev–Trinajstić information content (AvgIpc) is 0.901. The molecule has 0 bridgehead atoms. The second kappa shape index (κ2) is 67.8. The van der Waals surface area contributed by atoms with Crippen molar-refractivity contribution in [2.24, 2.45) is 0 Å². The number of nitrogens with zero attached hydrogens (tertiary/aromatic N) is 4. The SMILES string of the molecule is CCCCCCCCCOc1ccc(CCc2ccc(CCCCCC)cn2)cc1.CCCCCCCCOc1ccc(CCc2ccc(CCCCCC)cn2)cc1.CCCCCCCOc1ccc(CCc2ccc(CCCCCC)cn2)cc1.CCCCCCOc1ccc(CCc2ccc(CCCCCC)cn2)cc1. The van der Waals surface area contributed by atoms with Crippen molar-refractivity contribution in [3.8, 4) is 23.0 Å². The van der Waals surface area contributed by atoms with Gasteiger partial charge in [-0.2, -0.15) is 0 Å². The highest BCUT2D eigenvalue weighted by molar-refractivity contribution is 5.32. The summed E-state index contributed by atoms with van der Waals surface area (Å²) in [4.78, 5) is 18.6. The summed E-state index contributed by atoms with van der Waals surface area (Å²) in [6.45, 7) is 21.4. The monoisotopic (exact) mass is 1550 g/mol. The Morgan fingerprint density at radius 2 is 0.325 bits per heavy atom. The molecule has 0 aliphatic rings. The van der Waals surface area contributed by atoms with Crippen molar-refractivity contribution in [3.63, 3.8) is 0 Å². The van der Waals surface area contributed by atoms with Crippen LogP contribution in [0.1, 0.15) is 367 Å². The first-order valence-corrected chi connectivity index (χ1v) is 46.9. The Kier molecular flexibility index (Phi) is 57.9. The Labute approximate surface area is 698 Å². The average molecular weight is 1550 g/mol. The van der Waals surface area contributed by atoms with E-state index in [0.29, 0.717) is 0 Å². The molecule has 0 amide bonds. The molecular formula is C106H160N4O4. The normalized spacial score (nSPS) is 10.9. The van der Waals surface area contributed by atoms with Gasteiger partial charge in [0.1, 0.15) is 23.0 Å². The van der Waals surface area contributed by atoms with Crippen LogP contribution in [0.25, 0.3) is 0 Å². The molecule has 114 heavy (non-hydrogen) atoms. The minimum absolute atomic E-state index is 0.827. The molecule has 0 N–H and O–H groups in total. The largest absolute Gasteiger partial charge is 0.494 e. The maximum absolute atomic E-state index is 5.90. The van der Waals surface area contributed by atoms with Crippen LogP contribution >= 0.6 is 0 Å². The summed E-state index contributed by atoms with van der Waals surface area (Å²) in [5.74, 6) is 3.97. The predicted octanol–water partition coefficient (Wildman–Crippen LogP) is 30.1. The molecule has 8 aromatic rings. The summed E-state index contributed by atoms with van der Waals surface area (Å²) in [7, 11) is 0. The Balaban J connectivity index is 0.000000272. The minimum Gasteiger partial charge on any atom is -0.494 e. The predicted molar refractivity (Wildman–Crippen MR) is 490 cm³/mol. The van der Waals surface area contributed by atoms with Crippen molar-refractivity contribution in [1.29, 1.82) is 0 Å². The van der Waals surface area contributed by atoms with Crippen LogP contribution in [-0.4, -0.2) is 46.4 Å². The second-order valence-corrected chi connectivity index (χ2v) is 32.2. The maximum atomic E-state index is 5.90. The Morgan fingerprint density at radius 1 is 0.158 bits per heavy atom. The van der Waals surface area contributed by atoms with E-state index in [2.05, 4.69) is 246 Å². The van der Waals surface area contributed by atoms with E-state index in [1.54, 1.807) is 0 Å². The molecule has 0 saturated carbocycles. The van der Waals surface area contributed by atoms with Crippen molar-refractivity contribution in [2.45, 2.75) is 376 Å². The van der Waals surface area contributed by atoms with Gasteiger partial charge in [-0.05, 0) is 246 Å². The zero-order chi connectivity index (χ0) is 80.9. The van der Waals surface area contributed by atoms with Crippen LogP contribution in [0.2, 0.25) is 0 Å². The van der Waals surface area contributed by atoms with E-state index in [0.717, 1.165) is 152 Å². The maximum Gasteiger partial charge on any atom is 0.119 e. The van der Waals surface area contributed by atoms with Gasteiger partial charge >= 0.3 is 0 Å². The lowest BCUT2D eigenvalue weighted by Gasteiger charge is -2.08. The molecule has 0 fully saturated rings. The van der Waals surface area contributed by atoms with E-state index >= 15 is 0 Å². The van der Waals surface area contributed by atoms with Gasteiger partial charge in [-0.25, -0.2) is 0 Å². The molecule has 0 saturated heterocycles. The minimum atomic E-state index is 0.827. The molecule has 8 heteroatoms. The van der Waals surface area contributed by atoms with E-state index in [9.17, 15) is 0 Å². The summed E-state index contributed by atoms with van der Waals surface area (Å²) in [6.07, 6.45) is 70.4. The van der Waals surface area contributed by atoms with E-state index in [1.807, 2.05) is 0 Å². The van der Waals surface area contributed by atoms with Gasteiger partial charge in [0.2, 0.25) is 0 Å².